The summed E-state index contributed by atoms with van der Waals surface area (Å²) in [6, 6.07) is 11.0. The number of nitrogens with two attached hydrogens (primary N) is 1. The molecule has 0 spiro atoms. The molecule has 4 bridgehead atoms. The molecule has 2 unspecified atom stereocenters. The van der Waals surface area contributed by atoms with Crippen molar-refractivity contribution >= 4 is 50.1 Å². The van der Waals surface area contributed by atoms with Gasteiger partial charge in [0.1, 0.15) is 0 Å². The Balaban J connectivity index is 1.17. The van der Waals surface area contributed by atoms with Crippen molar-refractivity contribution in [1.29, 1.82) is 0 Å². The van der Waals surface area contributed by atoms with E-state index < -0.39 is 10.2 Å². The first-order valence-electron chi connectivity index (χ1n) is 13.2. The second-order valence-electron chi connectivity index (χ2n) is 11.6. The predicted molar refractivity (Wildman–Crippen MR) is 143 cm³/mol. The van der Waals surface area contributed by atoms with E-state index in [2.05, 4.69) is 5.32 Å². The zero-order valence-electron chi connectivity index (χ0n) is 20.7. The fourth-order valence-electron chi connectivity index (χ4n) is 8.04. The second kappa shape index (κ2) is 9.13. The Morgan fingerprint density at radius 1 is 1.03 bits per heavy atom. The lowest BCUT2D eigenvalue weighted by molar-refractivity contribution is -0.134. The van der Waals surface area contributed by atoms with E-state index in [1.54, 1.807) is 12.1 Å². The highest BCUT2D eigenvalue weighted by Gasteiger charge is 2.56. The van der Waals surface area contributed by atoms with E-state index in [1.807, 2.05) is 24.3 Å². The van der Waals surface area contributed by atoms with E-state index in [4.69, 9.17) is 17.3 Å². The van der Waals surface area contributed by atoms with Gasteiger partial charge in [0.2, 0.25) is 11.8 Å². The van der Waals surface area contributed by atoms with Crippen molar-refractivity contribution in [3.8, 4) is 0 Å². The predicted octanol–water partition coefficient (Wildman–Crippen LogP) is 3.44. The Hall–Kier alpha value is -2.36. The molecule has 7 rings (SSSR count). The van der Waals surface area contributed by atoms with Crippen molar-refractivity contribution in [2.75, 3.05) is 23.9 Å². The van der Waals surface area contributed by atoms with Crippen molar-refractivity contribution in [3.63, 3.8) is 0 Å². The fraction of sp³-hybridized carbons (Fsp3) is 0.556. The maximum absolute atomic E-state index is 13.7. The molecule has 2 aromatic rings. The summed E-state index contributed by atoms with van der Waals surface area (Å²) < 4.78 is 30.0. The number of hydrogen-bond acceptors (Lipinski definition) is 4. The topological polar surface area (TPSA) is 113 Å². The molecule has 1 saturated heterocycles. The maximum atomic E-state index is 13.7. The highest BCUT2D eigenvalue weighted by atomic mass is 35.5. The Bertz CT molecular complexity index is 1350. The van der Waals surface area contributed by atoms with Crippen LogP contribution in [0.25, 0.3) is 10.8 Å². The number of rotatable bonds is 6. The number of nitrogens with zero attached hydrogens (tertiary/aromatic N) is 2. The van der Waals surface area contributed by atoms with Crippen LogP contribution >= 0.6 is 11.6 Å². The highest BCUT2D eigenvalue weighted by molar-refractivity contribution is 7.90. The summed E-state index contributed by atoms with van der Waals surface area (Å²) in [6.07, 6.45) is 6.04. The molecule has 8 nitrogen and oxygen atoms in total. The van der Waals surface area contributed by atoms with Gasteiger partial charge >= 0.3 is 10.2 Å². The average Bonchev–Trinajstić information content (AvgIpc) is 2.82. The quantitative estimate of drug-likeness (QED) is 0.580. The van der Waals surface area contributed by atoms with Gasteiger partial charge in [-0.05, 0) is 73.8 Å². The molecule has 2 aromatic carbocycles. The molecule has 4 aliphatic carbocycles. The van der Waals surface area contributed by atoms with Gasteiger partial charge < -0.3 is 11.1 Å². The first kappa shape index (κ1) is 24.9. The summed E-state index contributed by atoms with van der Waals surface area (Å²) in [5, 5.41) is 5.34. The van der Waals surface area contributed by atoms with Gasteiger partial charge in [0.05, 0.1) is 12.2 Å². The van der Waals surface area contributed by atoms with E-state index in [9.17, 15) is 18.0 Å². The lowest BCUT2D eigenvalue weighted by Crippen LogP contribution is -2.61. The molecule has 4 saturated carbocycles. The molecule has 5 aliphatic rings. The molecular formula is C27H33ClN4O4S. The van der Waals surface area contributed by atoms with Crippen LogP contribution in [0.1, 0.15) is 44.9 Å². The molecule has 2 amide bonds. The number of amides is 2. The molecule has 3 N–H and O–H groups in total. The van der Waals surface area contributed by atoms with Crippen molar-refractivity contribution in [2.45, 2.75) is 51.0 Å². The molecule has 37 heavy (non-hydrogen) atoms. The maximum Gasteiger partial charge on any atom is 0.304 e. The van der Waals surface area contributed by atoms with Gasteiger partial charge in [0.15, 0.2) is 0 Å². The lowest BCUT2D eigenvalue weighted by Gasteiger charge is -2.60. The van der Waals surface area contributed by atoms with Gasteiger partial charge in [-0.15, -0.1) is 0 Å². The van der Waals surface area contributed by atoms with Crippen LogP contribution in [0.4, 0.5) is 5.69 Å². The van der Waals surface area contributed by atoms with Crippen molar-refractivity contribution in [1.82, 2.24) is 9.62 Å². The van der Waals surface area contributed by atoms with Gasteiger partial charge in [-0.1, -0.05) is 35.9 Å². The molecule has 198 valence electrons. The minimum Gasteiger partial charge on any atom is -0.370 e. The number of anilines is 1. The third kappa shape index (κ3) is 4.38. The van der Waals surface area contributed by atoms with Crippen LogP contribution in [0.15, 0.2) is 36.4 Å². The third-order valence-electron chi connectivity index (χ3n) is 9.09. The minimum absolute atomic E-state index is 0.0123. The molecule has 0 aromatic heterocycles. The number of nitrogens with one attached hydrogen (secondary N) is 1. The monoisotopic (exact) mass is 544 g/mol. The van der Waals surface area contributed by atoms with Gasteiger partial charge in [-0.25, -0.2) is 0 Å². The summed E-state index contributed by atoms with van der Waals surface area (Å²) in [5.41, 5.74) is 6.13. The number of fused-ring (bicyclic) bond motifs is 1. The summed E-state index contributed by atoms with van der Waals surface area (Å²) in [6.45, 7) is 0.456. The van der Waals surface area contributed by atoms with Crippen LogP contribution in [-0.2, 0) is 19.8 Å². The van der Waals surface area contributed by atoms with Crippen LogP contribution in [0.2, 0.25) is 5.02 Å². The first-order valence-corrected chi connectivity index (χ1v) is 15.0. The Labute approximate surface area is 222 Å². The van der Waals surface area contributed by atoms with E-state index in [1.165, 1.54) is 8.61 Å². The zero-order chi connectivity index (χ0) is 25.9. The zero-order valence-corrected chi connectivity index (χ0v) is 22.3. The fourth-order valence-corrected chi connectivity index (χ4v) is 9.95. The van der Waals surface area contributed by atoms with Crippen molar-refractivity contribution in [3.05, 3.63) is 41.4 Å². The summed E-state index contributed by atoms with van der Waals surface area (Å²) in [5.74, 6) is 0.743. The molecule has 2 atom stereocenters. The molecule has 1 aliphatic heterocycles. The molecule has 5 fully saturated rings. The summed E-state index contributed by atoms with van der Waals surface area (Å²) in [4.78, 5) is 24.9. The Morgan fingerprint density at radius 2 is 1.73 bits per heavy atom. The SMILES string of the molecule is NC(=O)CC12CC3CC(C1)C(NC(=O)CN1CCCN(c4ccc(Cl)c5ccccc45)S1(=O)=O)C(C3)C2. The second-order valence-corrected chi connectivity index (χ2v) is 13.8. The van der Waals surface area contributed by atoms with Gasteiger partial charge in [-0.2, -0.15) is 12.7 Å². The third-order valence-corrected chi connectivity index (χ3v) is 11.3. The highest BCUT2D eigenvalue weighted by Crippen LogP contribution is 2.61. The average molecular weight is 545 g/mol. The standard InChI is InChI=1S/C27H33ClN4O4S/c28-22-6-7-23(21-5-2-1-4-20(21)22)32-9-3-8-31(37(32,35)36)16-25(34)30-26-18-10-17-11-19(26)14-27(12-17,13-18)15-24(29)33/h1-2,4-7,17-19,26H,3,8-16H2,(H2,29,33)(H,30,34). The number of benzene rings is 2. The number of hydrogen-bond donors (Lipinski definition) is 2. The Kier molecular flexibility index (Phi) is 6.16. The molecule has 10 heteroatoms. The first-order chi connectivity index (χ1) is 17.6. The number of carbonyl (C=O) groups excluding carboxylic acids is 2. The number of primary amides is 1. The van der Waals surface area contributed by atoms with Gasteiger partial charge in [-0.3, -0.25) is 13.9 Å². The summed E-state index contributed by atoms with van der Waals surface area (Å²) >= 11 is 6.36. The van der Waals surface area contributed by atoms with Gasteiger partial charge in [0, 0.05) is 41.3 Å². The van der Waals surface area contributed by atoms with Crippen LogP contribution in [0.3, 0.4) is 0 Å². The van der Waals surface area contributed by atoms with E-state index in [0.717, 1.165) is 42.9 Å². The molecule has 0 radical (unpaired) electrons. The normalized spacial score (nSPS) is 32.5. The van der Waals surface area contributed by atoms with Crippen LogP contribution in [0, 0.1) is 23.2 Å². The summed E-state index contributed by atoms with van der Waals surface area (Å²) in [7, 11) is -3.89. The molecule has 1 heterocycles. The molecular weight excluding hydrogens is 512 g/mol. The largest absolute Gasteiger partial charge is 0.370 e. The number of carbonyl (C=O) groups is 2. The van der Waals surface area contributed by atoms with Crippen molar-refractivity contribution in [2.24, 2.45) is 28.9 Å². The van der Waals surface area contributed by atoms with E-state index in [-0.39, 0.29) is 29.8 Å². The van der Waals surface area contributed by atoms with Gasteiger partial charge in [0.25, 0.3) is 0 Å². The Morgan fingerprint density at radius 3 is 2.43 bits per heavy atom. The lowest BCUT2D eigenvalue weighted by atomic mass is 9.47. The number of halogens is 1. The van der Waals surface area contributed by atoms with Crippen LogP contribution < -0.4 is 15.4 Å². The van der Waals surface area contributed by atoms with E-state index >= 15 is 0 Å². The minimum atomic E-state index is -3.89. The van der Waals surface area contributed by atoms with Crippen LogP contribution in [0.5, 0.6) is 0 Å². The smallest absolute Gasteiger partial charge is 0.304 e. The van der Waals surface area contributed by atoms with E-state index in [0.29, 0.717) is 54.4 Å². The van der Waals surface area contributed by atoms with Crippen molar-refractivity contribution < 1.29 is 18.0 Å². The van der Waals surface area contributed by atoms with Crippen LogP contribution in [-0.4, -0.2) is 50.2 Å².